The summed E-state index contributed by atoms with van der Waals surface area (Å²) >= 11 is 0. The summed E-state index contributed by atoms with van der Waals surface area (Å²) in [6.07, 6.45) is 4.57. The maximum Gasteiger partial charge on any atom is 0.267 e. The van der Waals surface area contributed by atoms with Crippen LogP contribution in [0.25, 0.3) is 0 Å². The molecule has 7 heteroatoms. The molecule has 1 aliphatic heterocycles. The Hall–Kier alpha value is -2.67. The Labute approximate surface area is 169 Å². The van der Waals surface area contributed by atoms with Gasteiger partial charge in [0, 0.05) is 24.3 Å². The fourth-order valence-corrected chi connectivity index (χ4v) is 4.15. The van der Waals surface area contributed by atoms with E-state index in [2.05, 4.69) is 10.3 Å². The van der Waals surface area contributed by atoms with Crippen molar-refractivity contribution in [2.75, 3.05) is 19.6 Å². The normalized spacial score (nSPS) is 21.1. The number of nitrogens with zero attached hydrogens (tertiary/aromatic N) is 1. The largest absolute Gasteiger partial charge is 0.386 e. The molecular formula is C22H26FN3O3. The standard InChI is InChI=1S/C22H26FN3O3/c1-14-6-7-16(10-17(14)23)21(28)26-9-8-22(29,13-26)12-24-20(27)19-11-15-4-2-3-5-18(15)25-19/h6-7,10-11,25,29H,2-5,8-9,12-13H2,1H3,(H,24,27). The number of β-amino-alcohol motifs (C(OH)–C–C–N with tert-alkyl or cyclic N) is 1. The zero-order chi connectivity index (χ0) is 20.6. The number of carbonyl (C=O) groups is 2. The number of aryl methyl sites for hydroxylation is 3. The molecule has 2 aliphatic rings. The molecule has 1 saturated heterocycles. The molecular weight excluding hydrogens is 373 g/mol. The van der Waals surface area contributed by atoms with Crippen LogP contribution in [0.1, 0.15) is 56.9 Å². The number of fused-ring (bicyclic) bond motifs is 1. The highest BCUT2D eigenvalue weighted by Crippen LogP contribution is 2.24. The van der Waals surface area contributed by atoms with Crippen LogP contribution in [0.3, 0.4) is 0 Å². The monoisotopic (exact) mass is 399 g/mol. The molecule has 1 aliphatic carbocycles. The summed E-state index contributed by atoms with van der Waals surface area (Å²) in [5, 5.41) is 13.6. The first-order chi connectivity index (χ1) is 13.8. The number of aliphatic hydroxyl groups is 1. The van der Waals surface area contributed by atoms with Gasteiger partial charge in [0.25, 0.3) is 11.8 Å². The quantitative estimate of drug-likeness (QED) is 0.738. The number of hydrogen-bond donors (Lipinski definition) is 3. The third kappa shape index (κ3) is 4.05. The maximum atomic E-state index is 13.8. The van der Waals surface area contributed by atoms with Gasteiger partial charge in [0.05, 0.1) is 6.54 Å². The Balaban J connectivity index is 1.36. The Morgan fingerprint density at radius 2 is 2.07 bits per heavy atom. The van der Waals surface area contributed by atoms with Crippen LogP contribution in [0.4, 0.5) is 4.39 Å². The lowest BCUT2D eigenvalue weighted by atomic mass is 9.98. The molecule has 29 heavy (non-hydrogen) atoms. The third-order valence-corrected chi connectivity index (χ3v) is 5.98. The fourth-order valence-electron chi connectivity index (χ4n) is 4.15. The topological polar surface area (TPSA) is 85.4 Å². The fraction of sp³-hybridized carbons (Fsp3) is 0.455. The molecule has 1 unspecified atom stereocenters. The lowest BCUT2D eigenvalue weighted by Crippen LogP contribution is -2.45. The lowest BCUT2D eigenvalue weighted by molar-refractivity contribution is 0.0426. The Kier molecular flexibility index (Phi) is 5.17. The van der Waals surface area contributed by atoms with Gasteiger partial charge in [-0.1, -0.05) is 6.07 Å². The van der Waals surface area contributed by atoms with E-state index in [1.807, 2.05) is 6.07 Å². The molecule has 1 atom stereocenters. The van der Waals surface area contributed by atoms with Crippen LogP contribution in [-0.2, 0) is 12.8 Å². The molecule has 4 rings (SSSR count). The molecule has 2 amide bonds. The lowest BCUT2D eigenvalue weighted by Gasteiger charge is -2.23. The van der Waals surface area contributed by atoms with E-state index in [0.29, 0.717) is 24.2 Å². The first-order valence-electron chi connectivity index (χ1n) is 10.1. The zero-order valence-electron chi connectivity index (χ0n) is 16.6. The zero-order valence-corrected chi connectivity index (χ0v) is 16.6. The van der Waals surface area contributed by atoms with Crippen LogP contribution in [0.15, 0.2) is 24.3 Å². The summed E-state index contributed by atoms with van der Waals surface area (Å²) in [7, 11) is 0. The Morgan fingerprint density at radius 1 is 1.28 bits per heavy atom. The molecule has 0 bridgehead atoms. The van der Waals surface area contributed by atoms with Crippen molar-refractivity contribution >= 4 is 11.8 Å². The Morgan fingerprint density at radius 3 is 2.83 bits per heavy atom. The first kappa shape index (κ1) is 19.6. The molecule has 0 saturated carbocycles. The smallest absolute Gasteiger partial charge is 0.267 e. The van der Waals surface area contributed by atoms with Gasteiger partial charge in [0.2, 0.25) is 0 Å². The predicted molar refractivity (Wildman–Crippen MR) is 106 cm³/mol. The number of H-pyrrole nitrogens is 1. The van der Waals surface area contributed by atoms with Crippen LogP contribution in [0.5, 0.6) is 0 Å². The number of amides is 2. The van der Waals surface area contributed by atoms with Crippen molar-refractivity contribution in [1.29, 1.82) is 0 Å². The summed E-state index contributed by atoms with van der Waals surface area (Å²) in [4.78, 5) is 29.8. The highest BCUT2D eigenvalue weighted by Gasteiger charge is 2.39. The summed E-state index contributed by atoms with van der Waals surface area (Å²) in [6, 6.07) is 6.28. The first-order valence-corrected chi connectivity index (χ1v) is 10.1. The van der Waals surface area contributed by atoms with E-state index in [0.717, 1.165) is 31.4 Å². The number of halogens is 1. The molecule has 6 nitrogen and oxygen atoms in total. The van der Waals surface area contributed by atoms with Gasteiger partial charge in [-0.25, -0.2) is 4.39 Å². The van der Waals surface area contributed by atoms with Crippen LogP contribution in [0.2, 0.25) is 0 Å². The minimum atomic E-state index is -1.19. The Bertz CT molecular complexity index is 931. The van der Waals surface area contributed by atoms with Gasteiger partial charge in [-0.05, 0) is 68.4 Å². The number of likely N-dealkylation sites (tertiary alicyclic amines) is 1. The van der Waals surface area contributed by atoms with Crippen molar-refractivity contribution in [3.8, 4) is 0 Å². The molecule has 1 fully saturated rings. The number of aromatic nitrogens is 1. The molecule has 2 heterocycles. The van der Waals surface area contributed by atoms with E-state index in [1.54, 1.807) is 19.1 Å². The van der Waals surface area contributed by atoms with Crippen molar-refractivity contribution in [3.63, 3.8) is 0 Å². The highest BCUT2D eigenvalue weighted by molar-refractivity contribution is 5.95. The van der Waals surface area contributed by atoms with Gasteiger partial charge in [0.1, 0.15) is 17.1 Å². The van der Waals surface area contributed by atoms with E-state index < -0.39 is 11.4 Å². The molecule has 1 aromatic heterocycles. The second-order valence-electron chi connectivity index (χ2n) is 8.24. The van der Waals surface area contributed by atoms with Gasteiger partial charge in [-0.2, -0.15) is 0 Å². The molecule has 0 spiro atoms. The van der Waals surface area contributed by atoms with Gasteiger partial charge >= 0.3 is 0 Å². The molecule has 0 radical (unpaired) electrons. The number of rotatable bonds is 4. The van der Waals surface area contributed by atoms with E-state index in [4.69, 9.17) is 0 Å². The summed E-state index contributed by atoms with van der Waals surface area (Å²) in [5.74, 6) is -0.993. The van der Waals surface area contributed by atoms with E-state index >= 15 is 0 Å². The van der Waals surface area contributed by atoms with Crippen molar-refractivity contribution in [3.05, 3.63) is 58.2 Å². The van der Waals surface area contributed by atoms with E-state index in [9.17, 15) is 19.1 Å². The van der Waals surface area contributed by atoms with Crippen LogP contribution in [0, 0.1) is 12.7 Å². The number of aromatic amines is 1. The second-order valence-corrected chi connectivity index (χ2v) is 8.24. The van der Waals surface area contributed by atoms with Gasteiger partial charge in [-0.3, -0.25) is 9.59 Å². The summed E-state index contributed by atoms with van der Waals surface area (Å²) < 4.78 is 13.8. The number of nitrogens with one attached hydrogen (secondary N) is 2. The van der Waals surface area contributed by atoms with Crippen molar-refractivity contribution < 1.29 is 19.1 Å². The third-order valence-electron chi connectivity index (χ3n) is 5.98. The molecule has 3 N–H and O–H groups in total. The summed E-state index contributed by atoms with van der Waals surface area (Å²) in [5.41, 5.74) is 2.39. The van der Waals surface area contributed by atoms with E-state index in [-0.39, 0.29) is 30.5 Å². The van der Waals surface area contributed by atoms with Gasteiger partial charge in [-0.15, -0.1) is 0 Å². The van der Waals surface area contributed by atoms with Crippen LogP contribution >= 0.6 is 0 Å². The minimum Gasteiger partial charge on any atom is -0.386 e. The molecule has 1 aromatic carbocycles. The molecule has 2 aromatic rings. The SMILES string of the molecule is Cc1ccc(C(=O)N2CCC(O)(CNC(=O)c3cc4c([nH]3)CCCC4)C2)cc1F. The number of carbonyl (C=O) groups excluding carboxylic acids is 2. The maximum absolute atomic E-state index is 13.8. The average molecular weight is 399 g/mol. The minimum absolute atomic E-state index is 0.0571. The summed E-state index contributed by atoms with van der Waals surface area (Å²) in [6.45, 7) is 2.16. The average Bonchev–Trinajstić information content (AvgIpc) is 3.32. The van der Waals surface area contributed by atoms with E-state index in [1.165, 1.54) is 16.5 Å². The molecule has 154 valence electrons. The van der Waals surface area contributed by atoms with Gasteiger partial charge < -0.3 is 20.3 Å². The van der Waals surface area contributed by atoms with Crippen molar-refractivity contribution in [1.82, 2.24) is 15.2 Å². The van der Waals surface area contributed by atoms with Crippen LogP contribution < -0.4 is 5.32 Å². The van der Waals surface area contributed by atoms with Crippen LogP contribution in [-0.4, -0.2) is 52.0 Å². The van der Waals surface area contributed by atoms with Gasteiger partial charge in [0.15, 0.2) is 0 Å². The highest BCUT2D eigenvalue weighted by atomic mass is 19.1. The number of hydrogen-bond acceptors (Lipinski definition) is 3. The van der Waals surface area contributed by atoms with Crippen molar-refractivity contribution in [2.24, 2.45) is 0 Å². The second kappa shape index (κ2) is 7.63. The predicted octanol–water partition coefficient (Wildman–Crippen LogP) is 2.35. The van der Waals surface area contributed by atoms with Crippen molar-refractivity contribution in [2.45, 2.75) is 44.6 Å². The number of benzene rings is 1.